The lowest BCUT2D eigenvalue weighted by Crippen LogP contribution is -2.05. The van der Waals surface area contributed by atoms with Crippen molar-refractivity contribution in [3.05, 3.63) is 73.2 Å². The number of rotatable bonds is 8. The topological polar surface area (TPSA) is 108 Å². The van der Waals surface area contributed by atoms with E-state index in [0.29, 0.717) is 51.7 Å². The zero-order valence-corrected chi connectivity index (χ0v) is 19.4. The summed E-state index contributed by atoms with van der Waals surface area (Å²) in [5.74, 6) is 3.01. The first kappa shape index (κ1) is 22.0. The first-order valence-corrected chi connectivity index (χ1v) is 10.8. The highest BCUT2D eigenvalue weighted by molar-refractivity contribution is 5.88. The molecule has 176 valence electrons. The van der Waals surface area contributed by atoms with Gasteiger partial charge in [0.2, 0.25) is 11.7 Å². The van der Waals surface area contributed by atoms with Crippen LogP contribution in [0.3, 0.4) is 0 Å². The zero-order valence-electron chi connectivity index (χ0n) is 19.4. The van der Waals surface area contributed by atoms with Crippen LogP contribution in [0.2, 0.25) is 0 Å². The number of ether oxygens (including phenoxy) is 3. The van der Waals surface area contributed by atoms with Crippen molar-refractivity contribution >= 4 is 34.4 Å². The Balaban J connectivity index is 1.63. The van der Waals surface area contributed by atoms with Gasteiger partial charge in [0.05, 0.1) is 21.3 Å². The SMILES string of the molecule is COc1cc(Nc2nc(Nc3ccccn3)nc3c2ncn3-c2ccccc2)cc(OC)c1OC. The molecule has 35 heavy (non-hydrogen) atoms. The molecule has 3 aromatic heterocycles. The summed E-state index contributed by atoms with van der Waals surface area (Å²) in [6, 6.07) is 19.0. The third-order valence-corrected chi connectivity index (χ3v) is 5.26. The summed E-state index contributed by atoms with van der Waals surface area (Å²) in [5.41, 5.74) is 2.82. The molecule has 10 heteroatoms. The van der Waals surface area contributed by atoms with Crippen LogP contribution < -0.4 is 24.8 Å². The van der Waals surface area contributed by atoms with Crippen LogP contribution in [0.25, 0.3) is 16.9 Å². The smallest absolute Gasteiger partial charge is 0.232 e. The number of nitrogens with one attached hydrogen (secondary N) is 2. The lowest BCUT2D eigenvalue weighted by molar-refractivity contribution is 0.324. The predicted molar refractivity (Wildman–Crippen MR) is 134 cm³/mol. The van der Waals surface area contributed by atoms with E-state index in [1.54, 1.807) is 46.0 Å². The van der Waals surface area contributed by atoms with Crippen molar-refractivity contribution in [1.29, 1.82) is 0 Å². The minimum atomic E-state index is 0.365. The average molecular weight is 470 g/mol. The summed E-state index contributed by atoms with van der Waals surface area (Å²) < 4.78 is 18.3. The third kappa shape index (κ3) is 4.36. The summed E-state index contributed by atoms with van der Waals surface area (Å²) >= 11 is 0. The quantitative estimate of drug-likeness (QED) is 0.334. The Morgan fingerprint density at radius 2 is 1.51 bits per heavy atom. The van der Waals surface area contributed by atoms with E-state index >= 15 is 0 Å². The molecule has 0 aliphatic heterocycles. The van der Waals surface area contributed by atoms with Gasteiger partial charge in [0.1, 0.15) is 12.1 Å². The maximum absolute atomic E-state index is 5.49. The first-order chi connectivity index (χ1) is 17.2. The number of para-hydroxylation sites is 1. The summed E-state index contributed by atoms with van der Waals surface area (Å²) in [6.07, 6.45) is 3.42. The van der Waals surface area contributed by atoms with E-state index < -0.39 is 0 Å². The molecule has 0 bridgehead atoms. The van der Waals surface area contributed by atoms with Crippen LogP contribution in [0.4, 0.5) is 23.3 Å². The number of aromatic nitrogens is 5. The Labute approximate surface area is 201 Å². The van der Waals surface area contributed by atoms with Gasteiger partial charge in [-0.2, -0.15) is 9.97 Å². The lowest BCUT2D eigenvalue weighted by Gasteiger charge is -2.15. The number of fused-ring (bicyclic) bond motifs is 1. The van der Waals surface area contributed by atoms with E-state index in [4.69, 9.17) is 19.2 Å². The molecule has 0 saturated carbocycles. The lowest BCUT2D eigenvalue weighted by atomic mass is 10.2. The highest BCUT2D eigenvalue weighted by Crippen LogP contribution is 2.41. The third-order valence-electron chi connectivity index (χ3n) is 5.26. The fourth-order valence-corrected chi connectivity index (χ4v) is 3.66. The van der Waals surface area contributed by atoms with E-state index in [1.807, 2.05) is 53.1 Å². The van der Waals surface area contributed by atoms with Crippen LogP contribution in [0.1, 0.15) is 0 Å². The number of methoxy groups -OCH3 is 3. The van der Waals surface area contributed by atoms with E-state index in [-0.39, 0.29) is 0 Å². The Bertz CT molecular complexity index is 1430. The van der Waals surface area contributed by atoms with E-state index in [2.05, 4.69) is 25.6 Å². The second-order valence-corrected chi connectivity index (χ2v) is 7.40. The maximum atomic E-state index is 5.49. The summed E-state index contributed by atoms with van der Waals surface area (Å²) in [6.45, 7) is 0. The molecule has 0 unspecified atom stereocenters. The molecule has 0 saturated heterocycles. The standard InChI is InChI=1S/C25H23N7O3/c1-33-18-13-16(14-19(34-2)22(18)35-3)28-23-21-24(32(15-27-21)17-9-5-4-6-10-17)31-25(30-23)29-20-11-7-8-12-26-20/h4-15H,1-3H3,(H2,26,28,29,30,31). The molecule has 0 atom stereocenters. The van der Waals surface area contributed by atoms with Crippen LogP contribution in [0.15, 0.2) is 73.2 Å². The monoisotopic (exact) mass is 469 g/mol. The van der Waals surface area contributed by atoms with Gasteiger partial charge in [0.15, 0.2) is 28.5 Å². The molecular weight excluding hydrogens is 446 g/mol. The number of anilines is 4. The number of nitrogens with zero attached hydrogens (tertiary/aromatic N) is 5. The Hall–Kier alpha value is -4.86. The molecule has 0 aliphatic carbocycles. The van der Waals surface area contributed by atoms with Crippen LogP contribution in [0.5, 0.6) is 17.2 Å². The number of hydrogen-bond acceptors (Lipinski definition) is 9. The fourth-order valence-electron chi connectivity index (χ4n) is 3.66. The Morgan fingerprint density at radius 1 is 0.771 bits per heavy atom. The number of hydrogen-bond donors (Lipinski definition) is 2. The maximum Gasteiger partial charge on any atom is 0.232 e. The van der Waals surface area contributed by atoms with Crippen LogP contribution >= 0.6 is 0 Å². The second kappa shape index (κ2) is 9.56. The van der Waals surface area contributed by atoms with Crippen molar-refractivity contribution in [2.24, 2.45) is 0 Å². The molecule has 3 heterocycles. The van der Waals surface area contributed by atoms with Crippen molar-refractivity contribution in [3.8, 4) is 22.9 Å². The fraction of sp³-hybridized carbons (Fsp3) is 0.120. The molecule has 0 amide bonds. The normalized spacial score (nSPS) is 10.7. The Kier molecular flexibility index (Phi) is 6.00. The zero-order chi connectivity index (χ0) is 24.2. The van der Waals surface area contributed by atoms with Gasteiger partial charge in [-0.25, -0.2) is 9.97 Å². The highest BCUT2D eigenvalue weighted by Gasteiger charge is 2.18. The van der Waals surface area contributed by atoms with E-state index in [9.17, 15) is 0 Å². The summed E-state index contributed by atoms with van der Waals surface area (Å²) in [5, 5.41) is 6.51. The van der Waals surface area contributed by atoms with Gasteiger partial charge in [-0.15, -0.1) is 0 Å². The van der Waals surface area contributed by atoms with Gasteiger partial charge in [0.25, 0.3) is 0 Å². The van der Waals surface area contributed by atoms with E-state index in [0.717, 1.165) is 5.69 Å². The molecule has 10 nitrogen and oxygen atoms in total. The molecule has 0 fully saturated rings. The molecule has 0 spiro atoms. The molecular formula is C25H23N7O3. The minimum Gasteiger partial charge on any atom is -0.493 e. The van der Waals surface area contributed by atoms with Crippen molar-refractivity contribution in [3.63, 3.8) is 0 Å². The van der Waals surface area contributed by atoms with Crippen LogP contribution in [0, 0.1) is 0 Å². The van der Waals surface area contributed by atoms with Crippen molar-refractivity contribution < 1.29 is 14.2 Å². The molecule has 5 rings (SSSR count). The average Bonchev–Trinajstić information content (AvgIpc) is 3.33. The van der Waals surface area contributed by atoms with Gasteiger partial charge < -0.3 is 24.8 Å². The van der Waals surface area contributed by atoms with Gasteiger partial charge in [-0.1, -0.05) is 24.3 Å². The van der Waals surface area contributed by atoms with Crippen molar-refractivity contribution in [2.75, 3.05) is 32.0 Å². The molecule has 0 aliphatic rings. The van der Waals surface area contributed by atoms with E-state index in [1.165, 1.54) is 0 Å². The largest absolute Gasteiger partial charge is 0.493 e. The summed E-state index contributed by atoms with van der Waals surface area (Å²) in [7, 11) is 4.70. The van der Waals surface area contributed by atoms with Crippen LogP contribution in [-0.2, 0) is 0 Å². The molecule has 2 N–H and O–H groups in total. The number of pyridine rings is 1. The predicted octanol–water partition coefficient (Wildman–Crippen LogP) is 4.72. The van der Waals surface area contributed by atoms with Crippen LogP contribution in [-0.4, -0.2) is 45.8 Å². The number of benzene rings is 2. The first-order valence-electron chi connectivity index (χ1n) is 10.8. The highest BCUT2D eigenvalue weighted by atomic mass is 16.5. The number of imidazole rings is 1. The summed E-state index contributed by atoms with van der Waals surface area (Å²) in [4.78, 5) is 18.3. The van der Waals surface area contributed by atoms with Crippen molar-refractivity contribution in [2.45, 2.75) is 0 Å². The second-order valence-electron chi connectivity index (χ2n) is 7.40. The molecule has 5 aromatic rings. The molecule has 0 radical (unpaired) electrons. The van der Waals surface area contributed by atoms with Gasteiger partial charge >= 0.3 is 0 Å². The van der Waals surface area contributed by atoms with Gasteiger partial charge in [0, 0.05) is 29.7 Å². The van der Waals surface area contributed by atoms with Gasteiger partial charge in [-0.3, -0.25) is 4.57 Å². The van der Waals surface area contributed by atoms with Gasteiger partial charge in [-0.05, 0) is 24.3 Å². The Morgan fingerprint density at radius 3 is 2.17 bits per heavy atom. The van der Waals surface area contributed by atoms with Crippen molar-refractivity contribution in [1.82, 2.24) is 24.5 Å². The minimum absolute atomic E-state index is 0.365. The molecule has 2 aromatic carbocycles.